The summed E-state index contributed by atoms with van der Waals surface area (Å²) in [5.41, 5.74) is 3.96. The predicted octanol–water partition coefficient (Wildman–Crippen LogP) is 10.8. The first kappa shape index (κ1) is 41.5. The van der Waals surface area contributed by atoms with Gasteiger partial charge in [-0.05, 0) is 49.9 Å². The highest BCUT2D eigenvalue weighted by molar-refractivity contribution is 6.99. The number of rotatable bonds is 20. The van der Waals surface area contributed by atoms with Gasteiger partial charge in [-0.2, -0.15) is 17.5 Å². The largest absolute Gasteiger partial charge is 0.493 e. The van der Waals surface area contributed by atoms with Crippen molar-refractivity contribution in [2.24, 2.45) is 0 Å². The Kier molecular flexibility index (Phi) is 12.7. The van der Waals surface area contributed by atoms with Crippen LogP contribution in [0.25, 0.3) is 90.2 Å². The summed E-state index contributed by atoms with van der Waals surface area (Å²) in [7, 11) is 0. The number of H-pyrrole nitrogens is 2. The molecule has 18 heteroatoms. The predicted molar refractivity (Wildman–Crippen MR) is 243 cm³/mol. The van der Waals surface area contributed by atoms with Crippen LogP contribution in [0.4, 0.5) is 0 Å². The van der Waals surface area contributed by atoms with Crippen molar-refractivity contribution < 1.29 is 18.9 Å². The highest BCUT2D eigenvalue weighted by atomic mass is 32.1. The summed E-state index contributed by atoms with van der Waals surface area (Å²) >= 11 is 2.16. The van der Waals surface area contributed by atoms with E-state index >= 15 is 0 Å². The average molecular weight is 875 g/mol. The number of hydrogen-bond donors (Lipinski definition) is 2. The summed E-state index contributed by atoms with van der Waals surface area (Å²) in [5, 5.41) is 2.82. The number of nitrogens with one attached hydrogen (secondary N) is 2. The maximum absolute atomic E-state index is 6.50. The Bertz CT molecular complexity index is 2500. The summed E-state index contributed by atoms with van der Waals surface area (Å²) in [4.78, 5) is 37.7. The molecule has 16 nitrogen and oxygen atoms in total. The fourth-order valence-electron chi connectivity index (χ4n) is 7.61. The number of unbranched alkanes of at least 4 members (excludes halogenated alkanes) is 8. The van der Waals surface area contributed by atoms with Gasteiger partial charge in [0, 0.05) is 0 Å². The van der Waals surface area contributed by atoms with Crippen LogP contribution in [-0.4, -0.2) is 83.8 Å². The molecule has 2 aliphatic heterocycles. The maximum atomic E-state index is 6.50. The van der Waals surface area contributed by atoms with E-state index in [-0.39, 0.29) is 0 Å². The molecule has 0 spiro atoms. The van der Waals surface area contributed by atoms with Crippen molar-refractivity contribution in [1.29, 1.82) is 0 Å². The van der Waals surface area contributed by atoms with Crippen LogP contribution in [0.15, 0.2) is 24.3 Å². The zero-order chi connectivity index (χ0) is 42.4. The molecule has 0 radical (unpaired) electrons. The van der Waals surface area contributed by atoms with Crippen molar-refractivity contribution in [3.8, 4) is 69.1 Å². The summed E-state index contributed by atoms with van der Waals surface area (Å²) in [6.45, 7) is 10.8. The van der Waals surface area contributed by atoms with Gasteiger partial charge in [0.25, 0.3) is 0 Å². The van der Waals surface area contributed by atoms with Crippen molar-refractivity contribution in [3.63, 3.8) is 0 Å². The fourth-order valence-corrected chi connectivity index (χ4v) is 8.69. The third-order valence-corrected chi connectivity index (χ3v) is 11.9. The molecule has 0 aliphatic carbocycles. The van der Waals surface area contributed by atoms with Gasteiger partial charge in [-0.1, -0.05) is 79.1 Å². The first-order valence-electron chi connectivity index (χ1n) is 21.9. The average Bonchev–Trinajstić information content (AvgIpc) is 4.14. The molecule has 0 amide bonds. The van der Waals surface area contributed by atoms with Crippen LogP contribution >= 0.6 is 23.5 Å². The van der Waals surface area contributed by atoms with Crippen LogP contribution in [0, 0.1) is 0 Å². The van der Waals surface area contributed by atoms with E-state index in [0.717, 1.165) is 101 Å². The van der Waals surface area contributed by atoms with Crippen molar-refractivity contribution >= 4 is 67.6 Å². The standard InChI is InChI=1S/C44H50N12O4S2/c1-5-9-13-21-57-25-17-18-26(58-22-14-10-6-2)30-29(25)37-45-38(30)48-42-35-36(56-62-55-35)44(52-42)50-40-32-28(60-24-16-12-8-4)20-19-27(59-23-15-11-7-3)31(32)39(46-40)49-43-34-33(53-61-54-34)41(47-37)51-43/h17-20H,5-16,21-24H2,1-4H3,(H2,45,46,47,48,49,50,51,52). The molecule has 0 fully saturated rings. The smallest absolute Gasteiger partial charge is 0.185 e. The Labute approximate surface area is 367 Å². The van der Waals surface area contributed by atoms with Crippen molar-refractivity contribution in [3.05, 3.63) is 24.3 Å². The molecular formula is C44H50N12O4S2. The number of nitrogens with zero attached hydrogens (tertiary/aromatic N) is 10. The van der Waals surface area contributed by atoms with Crippen molar-refractivity contribution in [1.82, 2.24) is 57.4 Å². The first-order valence-corrected chi connectivity index (χ1v) is 23.4. The Morgan fingerprint density at radius 2 is 0.629 bits per heavy atom. The van der Waals surface area contributed by atoms with Crippen LogP contribution in [0.5, 0.6) is 23.0 Å². The topological polar surface area (TPSA) is 197 Å². The zero-order valence-electron chi connectivity index (χ0n) is 35.5. The zero-order valence-corrected chi connectivity index (χ0v) is 37.2. The minimum Gasteiger partial charge on any atom is -0.493 e. The second-order valence-electron chi connectivity index (χ2n) is 15.4. The van der Waals surface area contributed by atoms with Crippen LogP contribution in [0.1, 0.15) is 105 Å². The first-order chi connectivity index (χ1) is 30.6. The Morgan fingerprint density at radius 3 is 0.871 bits per heavy atom. The Balaban J connectivity index is 1.36. The lowest BCUT2D eigenvalue weighted by molar-refractivity contribution is 0.303. The quantitative estimate of drug-likeness (QED) is 0.0686. The summed E-state index contributed by atoms with van der Waals surface area (Å²) in [5.74, 6) is 3.96. The summed E-state index contributed by atoms with van der Waals surface area (Å²) in [6.07, 6.45) is 12.2. The Morgan fingerprint density at radius 1 is 0.371 bits per heavy atom. The van der Waals surface area contributed by atoms with Gasteiger partial charge >= 0.3 is 0 Å². The van der Waals surface area contributed by atoms with Gasteiger partial charge < -0.3 is 28.9 Å². The lowest BCUT2D eigenvalue weighted by Gasteiger charge is -2.11. The van der Waals surface area contributed by atoms with Crippen LogP contribution in [-0.2, 0) is 0 Å². The molecule has 2 aliphatic rings. The van der Waals surface area contributed by atoms with E-state index in [1.54, 1.807) is 0 Å². The van der Waals surface area contributed by atoms with E-state index in [1.807, 2.05) is 24.3 Å². The highest BCUT2D eigenvalue weighted by Crippen LogP contribution is 2.43. The maximum Gasteiger partial charge on any atom is 0.185 e. The van der Waals surface area contributed by atoms with Crippen molar-refractivity contribution in [2.45, 2.75) is 105 Å². The van der Waals surface area contributed by atoms with Crippen molar-refractivity contribution in [2.75, 3.05) is 26.4 Å². The monoisotopic (exact) mass is 874 g/mol. The molecule has 8 bridgehead atoms. The lowest BCUT2D eigenvalue weighted by Crippen LogP contribution is -2.00. The van der Waals surface area contributed by atoms with E-state index in [0.29, 0.717) is 140 Å². The van der Waals surface area contributed by atoms with Gasteiger partial charge in [-0.25, -0.2) is 29.9 Å². The second kappa shape index (κ2) is 19.0. The number of fused-ring (bicyclic) bond motifs is 20. The summed E-state index contributed by atoms with van der Waals surface area (Å²) in [6, 6.07) is 7.78. The molecule has 0 saturated carbocycles. The van der Waals surface area contributed by atoms with Crippen LogP contribution in [0.3, 0.4) is 0 Å². The van der Waals surface area contributed by atoms with E-state index in [1.165, 1.54) is 0 Å². The number of aromatic amines is 2. The summed E-state index contributed by atoms with van der Waals surface area (Å²) < 4.78 is 44.7. The number of benzene rings is 2. The van der Waals surface area contributed by atoms with E-state index in [9.17, 15) is 0 Å². The molecule has 0 unspecified atom stereocenters. The molecule has 7 heterocycles. The van der Waals surface area contributed by atoms with Crippen LogP contribution < -0.4 is 18.9 Å². The minimum atomic E-state index is 0.345. The van der Waals surface area contributed by atoms with Gasteiger partial charge in [-0.3, -0.25) is 0 Å². The molecule has 62 heavy (non-hydrogen) atoms. The van der Waals surface area contributed by atoms with Gasteiger partial charge in [-0.15, -0.1) is 0 Å². The molecule has 5 aromatic heterocycles. The SMILES string of the molecule is CCCCCOc1ccc(OCCCCC)c2c3nc4nc(nc5[nH]c(nc6nc(nc([nH]3)c12)-c1nsnc1-6)c1c(OCCCCC)ccc(OCCCCC)c51)-c1nsnc1-4. The highest BCUT2D eigenvalue weighted by Gasteiger charge is 2.29. The number of ether oxygens (including phenoxy) is 4. The van der Waals surface area contributed by atoms with Gasteiger partial charge in [0.1, 0.15) is 45.6 Å². The molecule has 2 aromatic carbocycles. The van der Waals surface area contributed by atoms with Crippen LogP contribution in [0.2, 0.25) is 0 Å². The lowest BCUT2D eigenvalue weighted by atomic mass is 10.1. The number of hydrogen-bond acceptors (Lipinski definition) is 16. The molecule has 0 saturated heterocycles. The van der Waals surface area contributed by atoms with E-state index in [2.05, 4.69) is 55.2 Å². The fraction of sp³-hybridized carbons (Fsp3) is 0.455. The Hall–Kier alpha value is -5.88. The molecule has 9 rings (SSSR count). The number of aromatic nitrogens is 12. The molecule has 2 N–H and O–H groups in total. The van der Waals surface area contributed by atoms with E-state index in [4.69, 9.17) is 48.9 Å². The normalized spacial score (nSPS) is 11.9. The molecule has 0 atom stereocenters. The third kappa shape index (κ3) is 8.24. The third-order valence-electron chi connectivity index (χ3n) is 10.8. The van der Waals surface area contributed by atoms with E-state index < -0.39 is 0 Å². The van der Waals surface area contributed by atoms with Gasteiger partial charge in [0.2, 0.25) is 0 Å². The molecular weight excluding hydrogens is 825 g/mol. The van der Waals surface area contributed by atoms with Gasteiger partial charge in [0.15, 0.2) is 46.1 Å². The minimum absolute atomic E-state index is 0.345. The molecule has 7 aromatic rings. The van der Waals surface area contributed by atoms with Gasteiger partial charge in [0.05, 0.1) is 71.4 Å². The molecule has 322 valence electrons. The second-order valence-corrected chi connectivity index (χ2v) is 16.4.